The third-order valence-electron chi connectivity index (χ3n) is 3.10. The average molecular weight is 219 g/mol. The van der Waals surface area contributed by atoms with Gasteiger partial charge in [-0.2, -0.15) is 0 Å². The van der Waals surface area contributed by atoms with E-state index in [4.69, 9.17) is 0 Å². The maximum atomic E-state index is 4.64. The van der Waals surface area contributed by atoms with Crippen molar-refractivity contribution in [1.82, 2.24) is 15.3 Å². The zero-order valence-corrected chi connectivity index (χ0v) is 10.5. The second-order valence-electron chi connectivity index (χ2n) is 4.86. The van der Waals surface area contributed by atoms with Crippen LogP contribution in [0.5, 0.6) is 0 Å². The van der Waals surface area contributed by atoms with Crippen LogP contribution in [0.25, 0.3) is 0 Å². The summed E-state index contributed by atoms with van der Waals surface area (Å²) in [5.74, 6) is 2.45. The van der Waals surface area contributed by atoms with Crippen LogP contribution in [0.3, 0.4) is 0 Å². The Morgan fingerprint density at radius 2 is 2.19 bits per heavy atom. The number of hydrogen-bond donors (Lipinski definition) is 1. The number of nitrogens with one attached hydrogen (secondary N) is 1. The number of rotatable bonds is 5. The monoisotopic (exact) mass is 219 g/mol. The fourth-order valence-corrected chi connectivity index (χ4v) is 1.99. The first kappa shape index (κ1) is 11.5. The molecule has 0 aliphatic heterocycles. The lowest BCUT2D eigenvalue weighted by Gasteiger charge is -2.06. The molecule has 2 unspecified atom stereocenters. The Hall–Kier alpha value is -0.960. The van der Waals surface area contributed by atoms with Gasteiger partial charge in [0.25, 0.3) is 0 Å². The second-order valence-corrected chi connectivity index (χ2v) is 4.86. The highest BCUT2D eigenvalue weighted by Crippen LogP contribution is 2.45. The second kappa shape index (κ2) is 4.91. The predicted octanol–water partition coefficient (Wildman–Crippen LogP) is 2.41. The van der Waals surface area contributed by atoms with E-state index in [0.29, 0.717) is 5.92 Å². The molecule has 1 fully saturated rings. The van der Waals surface area contributed by atoms with E-state index in [0.717, 1.165) is 42.6 Å². The molecule has 0 bridgehead atoms. The summed E-state index contributed by atoms with van der Waals surface area (Å²) in [5, 5.41) is 3.39. The molecular formula is C13H21N3. The van der Waals surface area contributed by atoms with Gasteiger partial charge in [-0.3, -0.25) is 0 Å². The summed E-state index contributed by atoms with van der Waals surface area (Å²) >= 11 is 0. The van der Waals surface area contributed by atoms with E-state index >= 15 is 0 Å². The Morgan fingerprint density at radius 3 is 2.81 bits per heavy atom. The first-order valence-corrected chi connectivity index (χ1v) is 6.26. The van der Waals surface area contributed by atoms with Crippen molar-refractivity contribution in [3.05, 3.63) is 23.3 Å². The van der Waals surface area contributed by atoms with Crippen molar-refractivity contribution < 1.29 is 0 Å². The van der Waals surface area contributed by atoms with Gasteiger partial charge in [0.1, 0.15) is 5.82 Å². The summed E-state index contributed by atoms with van der Waals surface area (Å²) < 4.78 is 0. The lowest BCUT2D eigenvalue weighted by atomic mass is 10.2. The van der Waals surface area contributed by atoms with Crippen molar-refractivity contribution in [2.75, 3.05) is 6.54 Å². The smallest absolute Gasteiger partial charge is 0.132 e. The standard InChI is InChI=1S/C13H21N3/c1-4-5-14-8-11-7-10(3)15-13(16-11)12-6-9(12)2/h7,9,12,14H,4-6,8H2,1-3H3. The summed E-state index contributed by atoms with van der Waals surface area (Å²) in [6.07, 6.45) is 2.42. The van der Waals surface area contributed by atoms with E-state index in [1.165, 1.54) is 6.42 Å². The van der Waals surface area contributed by atoms with Crippen molar-refractivity contribution in [2.45, 2.75) is 46.1 Å². The molecule has 1 N–H and O–H groups in total. The number of aromatic nitrogens is 2. The third-order valence-corrected chi connectivity index (χ3v) is 3.10. The van der Waals surface area contributed by atoms with E-state index in [2.05, 4.69) is 42.1 Å². The minimum absolute atomic E-state index is 0.616. The van der Waals surface area contributed by atoms with Crippen molar-refractivity contribution in [3.8, 4) is 0 Å². The molecule has 88 valence electrons. The highest BCUT2D eigenvalue weighted by Gasteiger charge is 2.36. The normalized spacial score (nSPS) is 23.4. The van der Waals surface area contributed by atoms with E-state index < -0.39 is 0 Å². The minimum Gasteiger partial charge on any atom is -0.311 e. The Kier molecular flexibility index (Phi) is 3.54. The van der Waals surface area contributed by atoms with Crippen LogP contribution in [0.15, 0.2) is 6.07 Å². The van der Waals surface area contributed by atoms with Gasteiger partial charge in [0.05, 0.1) is 5.69 Å². The number of aryl methyl sites for hydroxylation is 1. The van der Waals surface area contributed by atoms with Crippen LogP contribution >= 0.6 is 0 Å². The van der Waals surface area contributed by atoms with Gasteiger partial charge in [-0.1, -0.05) is 13.8 Å². The third kappa shape index (κ3) is 2.79. The van der Waals surface area contributed by atoms with Crippen molar-refractivity contribution in [2.24, 2.45) is 5.92 Å². The minimum atomic E-state index is 0.616. The Labute approximate surface area is 97.7 Å². The molecule has 0 saturated heterocycles. The van der Waals surface area contributed by atoms with Gasteiger partial charge in [0.2, 0.25) is 0 Å². The summed E-state index contributed by atoms with van der Waals surface area (Å²) in [7, 11) is 0. The Morgan fingerprint density at radius 1 is 1.44 bits per heavy atom. The molecule has 3 heteroatoms. The number of hydrogen-bond acceptors (Lipinski definition) is 3. The van der Waals surface area contributed by atoms with Gasteiger partial charge < -0.3 is 5.32 Å². The Balaban J connectivity index is 2.04. The molecule has 2 atom stereocenters. The van der Waals surface area contributed by atoms with Crippen LogP contribution in [0.4, 0.5) is 0 Å². The topological polar surface area (TPSA) is 37.8 Å². The zero-order chi connectivity index (χ0) is 11.5. The summed E-state index contributed by atoms with van der Waals surface area (Å²) in [5.41, 5.74) is 2.23. The molecule has 0 radical (unpaired) electrons. The van der Waals surface area contributed by atoms with Crippen LogP contribution in [0.2, 0.25) is 0 Å². The van der Waals surface area contributed by atoms with Gasteiger partial charge in [-0.05, 0) is 38.3 Å². The van der Waals surface area contributed by atoms with Crippen LogP contribution < -0.4 is 5.32 Å². The maximum absolute atomic E-state index is 4.64. The molecule has 2 rings (SSSR count). The van der Waals surface area contributed by atoms with Crippen LogP contribution in [-0.4, -0.2) is 16.5 Å². The maximum Gasteiger partial charge on any atom is 0.132 e. The van der Waals surface area contributed by atoms with E-state index in [-0.39, 0.29) is 0 Å². The average Bonchev–Trinajstić information content (AvgIpc) is 2.95. The lowest BCUT2D eigenvalue weighted by Crippen LogP contribution is -2.16. The van der Waals surface area contributed by atoms with Crippen molar-refractivity contribution in [1.29, 1.82) is 0 Å². The molecule has 16 heavy (non-hydrogen) atoms. The first-order chi connectivity index (χ1) is 7.70. The van der Waals surface area contributed by atoms with Gasteiger partial charge in [-0.15, -0.1) is 0 Å². The highest BCUT2D eigenvalue weighted by atomic mass is 14.9. The fraction of sp³-hybridized carbons (Fsp3) is 0.692. The molecule has 1 heterocycles. The van der Waals surface area contributed by atoms with Gasteiger partial charge in [0.15, 0.2) is 0 Å². The van der Waals surface area contributed by atoms with Crippen molar-refractivity contribution in [3.63, 3.8) is 0 Å². The summed E-state index contributed by atoms with van der Waals surface area (Å²) in [6, 6.07) is 2.08. The van der Waals surface area contributed by atoms with Gasteiger partial charge in [-0.25, -0.2) is 9.97 Å². The first-order valence-electron chi connectivity index (χ1n) is 6.26. The quantitative estimate of drug-likeness (QED) is 0.773. The van der Waals surface area contributed by atoms with Crippen LogP contribution in [-0.2, 0) is 6.54 Å². The summed E-state index contributed by atoms with van der Waals surface area (Å²) in [6.45, 7) is 8.42. The molecule has 0 amide bonds. The van der Waals surface area contributed by atoms with Gasteiger partial charge >= 0.3 is 0 Å². The molecular weight excluding hydrogens is 198 g/mol. The van der Waals surface area contributed by atoms with E-state index in [1.807, 2.05) is 0 Å². The Bertz CT molecular complexity index is 362. The van der Waals surface area contributed by atoms with Crippen LogP contribution in [0.1, 0.15) is 49.8 Å². The van der Waals surface area contributed by atoms with Crippen molar-refractivity contribution >= 4 is 0 Å². The lowest BCUT2D eigenvalue weighted by molar-refractivity contribution is 0.656. The molecule has 1 aromatic heterocycles. The molecule has 3 nitrogen and oxygen atoms in total. The van der Waals surface area contributed by atoms with E-state index in [9.17, 15) is 0 Å². The SMILES string of the molecule is CCCNCc1cc(C)nc(C2CC2C)n1. The summed E-state index contributed by atoms with van der Waals surface area (Å²) in [4.78, 5) is 9.18. The predicted molar refractivity (Wildman–Crippen MR) is 65.3 cm³/mol. The highest BCUT2D eigenvalue weighted by molar-refractivity contribution is 5.16. The van der Waals surface area contributed by atoms with Gasteiger partial charge in [0, 0.05) is 18.2 Å². The molecule has 0 aromatic carbocycles. The van der Waals surface area contributed by atoms with Crippen LogP contribution in [0, 0.1) is 12.8 Å². The molecule has 1 aliphatic rings. The molecule has 1 aromatic rings. The van der Waals surface area contributed by atoms with E-state index in [1.54, 1.807) is 0 Å². The fourth-order valence-electron chi connectivity index (χ4n) is 1.99. The molecule has 0 spiro atoms. The zero-order valence-electron chi connectivity index (χ0n) is 10.5. The number of nitrogens with zero attached hydrogens (tertiary/aromatic N) is 2. The molecule has 1 aliphatic carbocycles. The molecule has 1 saturated carbocycles. The largest absolute Gasteiger partial charge is 0.311 e.